The van der Waals surface area contributed by atoms with Crippen molar-refractivity contribution in [2.45, 2.75) is 45.1 Å². The van der Waals surface area contributed by atoms with E-state index in [1.807, 2.05) is 26.8 Å². The lowest BCUT2D eigenvalue weighted by molar-refractivity contribution is 0.401. The van der Waals surface area contributed by atoms with E-state index < -0.39 is 10.0 Å². The number of ether oxygens (including phenoxy) is 1. The molecule has 1 aromatic heterocycles. The third kappa shape index (κ3) is 4.74. The van der Waals surface area contributed by atoms with E-state index >= 15 is 0 Å². The molecular formula is C19H26N2O4S. The largest absolute Gasteiger partial charge is 0.495 e. The van der Waals surface area contributed by atoms with Gasteiger partial charge in [0.2, 0.25) is 10.0 Å². The molecule has 26 heavy (non-hydrogen) atoms. The molecule has 0 aliphatic heterocycles. The number of unbranched alkanes of at least 4 members (excludes halogenated alkanes) is 1. The van der Waals surface area contributed by atoms with Crippen LogP contribution >= 0.6 is 0 Å². The topological polar surface area (TPSA) is 77.4 Å². The van der Waals surface area contributed by atoms with Crippen LogP contribution in [-0.4, -0.2) is 26.6 Å². The van der Waals surface area contributed by atoms with Gasteiger partial charge in [-0.2, -0.15) is 0 Å². The van der Waals surface area contributed by atoms with Crippen LogP contribution in [0, 0.1) is 20.8 Å². The van der Waals surface area contributed by atoms with E-state index in [9.17, 15) is 13.2 Å². The molecule has 0 fully saturated rings. The van der Waals surface area contributed by atoms with Crippen molar-refractivity contribution in [1.29, 1.82) is 0 Å². The minimum absolute atomic E-state index is 0.0366. The minimum Gasteiger partial charge on any atom is -0.495 e. The number of hydrogen-bond donors (Lipinski definition) is 1. The van der Waals surface area contributed by atoms with Crippen molar-refractivity contribution in [2.75, 3.05) is 13.7 Å². The smallest absolute Gasteiger partial charge is 0.250 e. The second-order valence-corrected chi connectivity index (χ2v) is 8.08. The van der Waals surface area contributed by atoms with E-state index in [0.29, 0.717) is 31.7 Å². The molecule has 0 saturated carbocycles. The molecule has 1 aromatic carbocycles. The molecule has 142 valence electrons. The molecule has 0 radical (unpaired) electrons. The Morgan fingerprint density at radius 3 is 2.42 bits per heavy atom. The number of hydrogen-bond acceptors (Lipinski definition) is 4. The maximum absolute atomic E-state index is 12.6. The molecule has 0 amide bonds. The van der Waals surface area contributed by atoms with Gasteiger partial charge >= 0.3 is 0 Å². The van der Waals surface area contributed by atoms with Crippen LogP contribution in [0.1, 0.15) is 29.7 Å². The van der Waals surface area contributed by atoms with Crippen LogP contribution < -0.4 is 15.0 Å². The Morgan fingerprint density at radius 1 is 1.08 bits per heavy atom. The maximum Gasteiger partial charge on any atom is 0.250 e. The van der Waals surface area contributed by atoms with Crippen LogP contribution in [0.15, 0.2) is 40.0 Å². The summed E-state index contributed by atoms with van der Waals surface area (Å²) in [6.45, 7) is 6.54. The third-order valence-electron chi connectivity index (χ3n) is 4.44. The van der Waals surface area contributed by atoms with E-state index in [0.717, 1.165) is 16.8 Å². The van der Waals surface area contributed by atoms with E-state index in [1.165, 1.54) is 13.2 Å². The van der Waals surface area contributed by atoms with Gasteiger partial charge in [0.15, 0.2) is 0 Å². The Morgan fingerprint density at radius 2 is 1.77 bits per heavy atom. The number of benzene rings is 1. The minimum atomic E-state index is -3.65. The number of rotatable bonds is 8. The quantitative estimate of drug-likeness (QED) is 0.716. The standard InChI is InChI=1S/C19H26N2O4S/c1-14-12-17(25-4)18(13-15(14)2)26(23,24)20-10-5-6-11-21-16(3)8-7-9-19(21)22/h7-9,12-13,20H,5-6,10-11H2,1-4H3. The van der Waals surface area contributed by atoms with Gasteiger partial charge in [-0.05, 0) is 62.9 Å². The molecule has 2 rings (SSSR count). The Labute approximate surface area is 154 Å². The van der Waals surface area contributed by atoms with Crippen molar-refractivity contribution in [3.63, 3.8) is 0 Å². The summed E-state index contributed by atoms with van der Waals surface area (Å²) >= 11 is 0. The summed E-state index contributed by atoms with van der Waals surface area (Å²) in [5.41, 5.74) is 2.73. The lowest BCUT2D eigenvalue weighted by Crippen LogP contribution is -2.26. The van der Waals surface area contributed by atoms with Crippen molar-refractivity contribution in [1.82, 2.24) is 9.29 Å². The monoisotopic (exact) mass is 378 g/mol. The van der Waals surface area contributed by atoms with Gasteiger partial charge in [0.1, 0.15) is 10.6 Å². The second kappa shape index (κ2) is 8.51. The predicted octanol–water partition coefficient (Wildman–Crippen LogP) is 2.54. The summed E-state index contributed by atoms with van der Waals surface area (Å²) in [6.07, 6.45) is 1.34. The summed E-state index contributed by atoms with van der Waals surface area (Å²) in [5, 5.41) is 0. The number of pyridine rings is 1. The number of aromatic nitrogens is 1. The molecule has 0 aliphatic carbocycles. The lowest BCUT2D eigenvalue weighted by atomic mass is 10.1. The molecule has 0 spiro atoms. The molecule has 0 saturated heterocycles. The van der Waals surface area contributed by atoms with Gasteiger partial charge in [-0.25, -0.2) is 13.1 Å². The van der Waals surface area contributed by atoms with Crippen LogP contribution in [-0.2, 0) is 16.6 Å². The first-order valence-corrected chi connectivity index (χ1v) is 10.1. The molecule has 1 N–H and O–H groups in total. The highest BCUT2D eigenvalue weighted by Gasteiger charge is 2.20. The van der Waals surface area contributed by atoms with Crippen molar-refractivity contribution in [3.05, 3.63) is 57.5 Å². The van der Waals surface area contributed by atoms with Crippen LogP contribution in [0.25, 0.3) is 0 Å². The number of aryl methyl sites for hydroxylation is 3. The highest BCUT2D eigenvalue weighted by molar-refractivity contribution is 7.89. The molecule has 0 bridgehead atoms. The van der Waals surface area contributed by atoms with Crippen molar-refractivity contribution in [3.8, 4) is 5.75 Å². The van der Waals surface area contributed by atoms with Gasteiger partial charge in [-0.15, -0.1) is 0 Å². The number of nitrogens with one attached hydrogen (secondary N) is 1. The van der Waals surface area contributed by atoms with Crippen molar-refractivity contribution >= 4 is 10.0 Å². The zero-order valence-corrected chi connectivity index (χ0v) is 16.5. The summed E-state index contributed by atoms with van der Waals surface area (Å²) in [4.78, 5) is 12.0. The highest BCUT2D eigenvalue weighted by Crippen LogP contribution is 2.27. The SMILES string of the molecule is COc1cc(C)c(C)cc1S(=O)(=O)NCCCCn1c(C)cccc1=O. The zero-order chi connectivity index (χ0) is 19.3. The fourth-order valence-electron chi connectivity index (χ4n) is 2.72. The average Bonchev–Trinajstić information content (AvgIpc) is 2.58. The van der Waals surface area contributed by atoms with Gasteiger partial charge in [-0.1, -0.05) is 6.07 Å². The van der Waals surface area contributed by atoms with Crippen LogP contribution in [0.5, 0.6) is 5.75 Å². The highest BCUT2D eigenvalue weighted by atomic mass is 32.2. The number of sulfonamides is 1. The van der Waals surface area contributed by atoms with Gasteiger partial charge in [0.05, 0.1) is 7.11 Å². The first-order chi connectivity index (χ1) is 12.3. The molecule has 2 aromatic rings. The van der Waals surface area contributed by atoms with Crippen LogP contribution in [0.3, 0.4) is 0 Å². The number of nitrogens with zero attached hydrogens (tertiary/aromatic N) is 1. The summed E-state index contributed by atoms with van der Waals surface area (Å²) in [5.74, 6) is 0.340. The number of methoxy groups -OCH3 is 1. The lowest BCUT2D eigenvalue weighted by Gasteiger charge is -2.13. The van der Waals surface area contributed by atoms with E-state index in [4.69, 9.17) is 4.74 Å². The zero-order valence-electron chi connectivity index (χ0n) is 15.7. The second-order valence-electron chi connectivity index (χ2n) is 6.35. The van der Waals surface area contributed by atoms with E-state index in [1.54, 1.807) is 22.8 Å². The van der Waals surface area contributed by atoms with Crippen molar-refractivity contribution in [2.24, 2.45) is 0 Å². The van der Waals surface area contributed by atoms with Gasteiger partial charge in [0.25, 0.3) is 5.56 Å². The molecule has 6 nitrogen and oxygen atoms in total. The van der Waals surface area contributed by atoms with Crippen LogP contribution in [0.4, 0.5) is 0 Å². The summed E-state index contributed by atoms with van der Waals surface area (Å²) in [6, 6.07) is 8.51. The molecule has 0 atom stereocenters. The Hall–Kier alpha value is -2.12. The average molecular weight is 378 g/mol. The summed E-state index contributed by atoms with van der Waals surface area (Å²) < 4.78 is 34.7. The Kier molecular flexibility index (Phi) is 6.61. The summed E-state index contributed by atoms with van der Waals surface area (Å²) in [7, 11) is -2.19. The fraction of sp³-hybridized carbons (Fsp3) is 0.421. The third-order valence-corrected chi connectivity index (χ3v) is 5.92. The first kappa shape index (κ1) is 20.2. The molecular weight excluding hydrogens is 352 g/mol. The molecule has 0 aliphatic rings. The van der Waals surface area contributed by atoms with E-state index in [2.05, 4.69) is 4.72 Å². The maximum atomic E-state index is 12.6. The van der Waals surface area contributed by atoms with Gasteiger partial charge < -0.3 is 9.30 Å². The van der Waals surface area contributed by atoms with E-state index in [-0.39, 0.29) is 10.5 Å². The van der Waals surface area contributed by atoms with Gasteiger partial charge in [0, 0.05) is 24.8 Å². The molecule has 7 heteroatoms. The molecule has 1 heterocycles. The van der Waals surface area contributed by atoms with Crippen LogP contribution in [0.2, 0.25) is 0 Å². The van der Waals surface area contributed by atoms with Gasteiger partial charge in [-0.3, -0.25) is 4.79 Å². The van der Waals surface area contributed by atoms with Crippen molar-refractivity contribution < 1.29 is 13.2 Å². The predicted molar refractivity (Wildman–Crippen MR) is 102 cm³/mol. The molecule has 0 unspecified atom stereocenters. The Balaban J connectivity index is 1.97. The fourth-order valence-corrected chi connectivity index (χ4v) is 4.03. The Bertz CT molecular complexity index is 933. The first-order valence-electron chi connectivity index (χ1n) is 8.57. The normalized spacial score (nSPS) is 11.5.